The number of rotatable bonds is 2. The van der Waals surface area contributed by atoms with Gasteiger partial charge in [-0.15, -0.1) is 11.3 Å². The van der Waals surface area contributed by atoms with Gasteiger partial charge in [0.15, 0.2) is 11.6 Å². The van der Waals surface area contributed by atoms with E-state index in [-0.39, 0.29) is 0 Å². The van der Waals surface area contributed by atoms with Crippen LogP contribution in [0, 0.1) is 25.5 Å². The van der Waals surface area contributed by atoms with Crippen molar-refractivity contribution in [2.24, 2.45) is 0 Å². The minimum absolute atomic E-state index is 0.366. The van der Waals surface area contributed by atoms with E-state index in [1.165, 1.54) is 17.4 Å². The summed E-state index contributed by atoms with van der Waals surface area (Å²) in [7, 11) is 0. The standard InChI is InChI=1S/C13H12F2OS/c1-7-5-12(17-8(7)2)13(16)9-3-4-10(14)11(15)6-9/h3-6,13,16H,1-2H3. The lowest BCUT2D eigenvalue weighted by Crippen LogP contribution is -1.98. The Hall–Kier alpha value is -1.26. The number of hydrogen-bond donors (Lipinski definition) is 1. The number of hydrogen-bond acceptors (Lipinski definition) is 2. The topological polar surface area (TPSA) is 20.2 Å². The van der Waals surface area contributed by atoms with Crippen LogP contribution in [0.15, 0.2) is 24.3 Å². The van der Waals surface area contributed by atoms with Gasteiger partial charge in [0, 0.05) is 9.75 Å². The van der Waals surface area contributed by atoms with E-state index >= 15 is 0 Å². The number of benzene rings is 1. The van der Waals surface area contributed by atoms with Gasteiger partial charge in [0.1, 0.15) is 6.10 Å². The molecule has 0 aliphatic heterocycles. The van der Waals surface area contributed by atoms with Crippen LogP contribution in [0.5, 0.6) is 0 Å². The van der Waals surface area contributed by atoms with Gasteiger partial charge in [0.25, 0.3) is 0 Å². The Morgan fingerprint density at radius 1 is 1.12 bits per heavy atom. The first kappa shape index (κ1) is 12.2. The number of aryl methyl sites for hydroxylation is 2. The van der Waals surface area contributed by atoms with Crippen LogP contribution in [0.25, 0.3) is 0 Å². The van der Waals surface area contributed by atoms with Crippen molar-refractivity contribution in [3.63, 3.8) is 0 Å². The Labute approximate surface area is 102 Å². The molecule has 90 valence electrons. The number of thiophene rings is 1. The molecule has 0 radical (unpaired) electrons. The third kappa shape index (κ3) is 2.37. The third-order valence-electron chi connectivity index (χ3n) is 2.71. The van der Waals surface area contributed by atoms with E-state index in [0.717, 1.165) is 27.5 Å². The molecule has 1 aromatic carbocycles. The Morgan fingerprint density at radius 3 is 2.35 bits per heavy atom. The Balaban J connectivity index is 2.36. The summed E-state index contributed by atoms with van der Waals surface area (Å²) in [5.74, 6) is -1.84. The van der Waals surface area contributed by atoms with Crippen LogP contribution >= 0.6 is 11.3 Å². The van der Waals surface area contributed by atoms with Gasteiger partial charge >= 0.3 is 0 Å². The fraction of sp³-hybridized carbons (Fsp3) is 0.231. The van der Waals surface area contributed by atoms with E-state index < -0.39 is 17.7 Å². The molecule has 0 saturated carbocycles. The van der Waals surface area contributed by atoms with Crippen molar-refractivity contribution in [1.82, 2.24) is 0 Å². The summed E-state index contributed by atoms with van der Waals surface area (Å²) in [5, 5.41) is 10.1. The second-order valence-corrected chi connectivity index (χ2v) is 5.25. The molecule has 1 aromatic heterocycles. The maximum absolute atomic E-state index is 13.1. The first-order chi connectivity index (χ1) is 7.99. The molecule has 1 nitrogen and oxygen atoms in total. The zero-order chi connectivity index (χ0) is 12.6. The molecule has 2 aromatic rings. The molecule has 1 unspecified atom stereocenters. The smallest absolute Gasteiger partial charge is 0.159 e. The minimum atomic E-state index is -0.938. The van der Waals surface area contributed by atoms with E-state index in [0.29, 0.717) is 5.56 Å². The second kappa shape index (κ2) is 4.55. The lowest BCUT2D eigenvalue weighted by atomic mass is 10.1. The summed E-state index contributed by atoms with van der Waals surface area (Å²) in [5.41, 5.74) is 1.46. The van der Waals surface area contributed by atoms with Crippen LogP contribution in [0.2, 0.25) is 0 Å². The van der Waals surface area contributed by atoms with Gasteiger partial charge in [0.05, 0.1) is 0 Å². The van der Waals surface area contributed by atoms with Crippen LogP contribution in [-0.4, -0.2) is 5.11 Å². The van der Waals surface area contributed by atoms with Gasteiger partial charge < -0.3 is 5.11 Å². The molecule has 1 heterocycles. The van der Waals surface area contributed by atoms with Crippen molar-refractivity contribution >= 4 is 11.3 Å². The summed E-state index contributed by atoms with van der Waals surface area (Å²) >= 11 is 1.46. The number of aliphatic hydroxyl groups excluding tert-OH is 1. The molecule has 4 heteroatoms. The number of aliphatic hydroxyl groups is 1. The Kier molecular flexibility index (Phi) is 3.26. The van der Waals surface area contributed by atoms with Crippen LogP contribution < -0.4 is 0 Å². The fourth-order valence-corrected chi connectivity index (χ4v) is 2.64. The highest BCUT2D eigenvalue weighted by Gasteiger charge is 2.15. The maximum Gasteiger partial charge on any atom is 0.159 e. The molecule has 0 bridgehead atoms. The fourth-order valence-electron chi connectivity index (χ4n) is 1.58. The van der Waals surface area contributed by atoms with E-state index in [9.17, 15) is 13.9 Å². The molecule has 0 aliphatic rings. The lowest BCUT2D eigenvalue weighted by Gasteiger charge is -2.08. The molecule has 1 atom stereocenters. The van der Waals surface area contributed by atoms with Crippen LogP contribution in [0.1, 0.15) is 27.0 Å². The summed E-state index contributed by atoms with van der Waals surface area (Å²) in [4.78, 5) is 1.85. The molecule has 17 heavy (non-hydrogen) atoms. The van der Waals surface area contributed by atoms with Crippen molar-refractivity contribution in [2.45, 2.75) is 20.0 Å². The highest BCUT2D eigenvalue weighted by Crippen LogP contribution is 2.31. The molecule has 0 saturated heterocycles. The first-order valence-corrected chi connectivity index (χ1v) is 6.00. The lowest BCUT2D eigenvalue weighted by molar-refractivity contribution is 0.223. The highest BCUT2D eigenvalue weighted by molar-refractivity contribution is 7.12. The summed E-state index contributed by atoms with van der Waals surface area (Å²) < 4.78 is 25.8. The third-order valence-corrected chi connectivity index (χ3v) is 3.92. The predicted molar refractivity (Wildman–Crippen MR) is 64.2 cm³/mol. The van der Waals surface area contributed by atoms with Gasteiger partial charge in [-0.25, -0.2) is 8.78 Å². The quantitative estimate of drug-likeness (QED) is 0.866. The van der Waals surface area contributed by atoms with Crippen molar-refractivity contribution in [3.05, 3.63) is 56.8 Å². The Morgan fingerprint density at radius 2 is 1.82 bits per heavy atom. The van der Waals surface area contributed by atoms with E-state index in [4.69, 9.17) is 0 Å². The van der Waals surface area contributed by atoms with Crippen molar-refractivity contribution in [1.29, 1.82) is 0 Å². The van der Waals surface area contributed by atoms with Crippen LogP contribution in [0.4, 0.5) is 8.78 Å². The van der Waals surface area contributed by atoms with Gasteiger partial charge in [0.2, 0.25) is 0 Å². The van der Waals surface area contributed by atoms with E-state index in [1.807, 2.05) is 19.9 Å². The minimum Gasteiger partial charge on any atom is -0.383 e. The molecule has 0 fully saturated rings. The largest absolute Gasteiger partial charge is 0.383 e. The van der Waals surface area contributed by atoms with Crippen LogP contribution in [-0.2, 0) is 0 Å². The maximum atomic E-state index is 13.1. The monoisotopic (exact) mass is 254 g/mol. The molecular weight excluding hydrogens is 242 g/mol. The van der Waals surface area contributed by atoms with Crippen LogP contribution in [0.3, 0.4) is 0 Å². The predicted octanol–water partition coefficient (Wildman–Crippen LogP) is 3.72. The molecule has 0 aliphatic carbocycles. The number of halogens is 2. The molecule has 0 spiro atoms. The zero-order valence-electron chi connectivity index (χ0n) is 9.50. The highest BCUT2D eigenvalue weighted by atomic mass is 32.1. The SMILES string of the molecule is Cc1cc(C(O)c2ccc(F)c(F)c2)sc1C. The van der Waals surface area contributed by atoms with Gasteiger partial charge in [-0.05, 0) is 43.2 Å². The summed E-state index contributed by atoms with van der Waals surface area (Å²) in [6.45, 7) is 3.91. The summed E-state index contributed by atoms with van der Waals surface area (Å²) in [6, 6.07) is 5.32. The van der Waals surface area contributed by atoms with Gasteiger partial charge in [-0.3, -0.25) is 0 Å². The van der Waals surface area contributed by atoms with Gasteiger partial charge in [-0.2, -0.15) is 0 Å². The first-order valence-electron chi connectivity index (χ1n) is 5.19. The second-order valence-electron chi connectivity index (χ2n) is 3.96. The molecule has 1 N–H and O–H groups in total. The van der Waals surface area contributed by atoms with E-state index in [2.05, 4.69) is 0 Å². The molecular formula is C13H12F2OS. The average molecular weight is 254 g/mol. The normalized spacial score (nSPS) is 12.8. The van der Waals surface area contributed by atoms with Crippen molar-refractivity contribution < 1.29 is 13.9 Å². The molecule has 2 rings (SSSR count). The van der Waals surface area contributed by atoms with Gasteiger partial charge in [-0.1, -0.05) is 6.07 Å². The Bertz CT molecular complexity index is 529. The van der Waals surface area contributed by atoms with Crippen molar-refractivity contribution in [2.75, 3.05) is 0 Å². The summed E-state index contributed by atoms with van der Waals surface area (Å²) in [6.07, 6.45) is -0.900. The van der Waals surface area contributed by atoms with Crippen molar-refractivity contribution in [3.8, 4) is 0 Å². The van der Waals surface area contributed by atoms with E-state index in [1.54, 1.807) is 0 Å². The molecule has 0 amide bonds. The zero-order valence-corrected chi connectivity index (χ0v) is 10.3. The average Bonchev–Trinajstić information content (AvgIpc) is 2.62.